The zero-order valence-electron chi connectivity index (χ0n) is 10.9. The molecule has 6 heteroatoms. The standard InChI is InChI=1S/C12H20ClN5/c1-3-9(2)17-4-6-18(7-5-17)11-10(14)8-15-12(13)16-11/h8-9H,3-7,14H2,1-2H3. The van der Waals surface area contributed by atoms with Crippen molar-refractivity contribution < 1.29 is 0 Å². The molecular weight excluding hydrogens is 250 g/mol. The lowest BCUT2D eigenvalue weighted by atomic mass is 10.2. The quantitative estimate of drug-likeness (QED) is 0.846. The molecule has 1 aromatic heterocycles. The molecule has 0 saturated carbocycles. The molecule has 1 aliphatic rings. The van der Waals surface area contributed by atoms with E-state index in [9.17, 15) is 0 Å². The van der Waals surface area contributed by atoms with Crippen LogP contribution < -0.4 is 10.6 Å². The number of aromatic nitrogens is 2. The Morgan fingerprint density at radius 2 is 2.06 bits per heavy atom. The van der Waals surface area contributed by atoms with E-state index in [4.69, 9.17) is 17.3 Å². The number of halogens is 1. The Hall–Kier alpha value is -1.07. The van der Waals surface area contributed by atoms with Gasteiger partial charge in [0.05, 0.1) is 11.9 Å². The van der Waals surface area contributed by atoms with Crippen LogP contribution in [0.15, 0.2) is 6.20 Å². The molecule has 100 valence electrons. The Bertz CT molecular complexity index is 403. The zero-order chi connectivity index (χ0) is 13.1. The van der Waals surface area contributed by atoms with Gasteiger partial charge in [0.2, 0.25) is 5.28 Å². The van der Waals surface area contributed by atoms with Gasteiger partial charge in [-0.3, -0.25) is 4.90 Å². The number of anilines is 2. The number of piperazine rings is 1. The second-order valence-electron chi connectivity index (χ2n) is 4.70. The van der Waals surface area contributed by atoms with Crippen LogP contribution in [0.2, 0.25) is 5.28 Å². The molecule has 1 unspecified atom stereocenters. The fraction of sp³-hybridized carbons (Fsp3) is 0.667. The first-order chi connectivity index (χ1) is 8.61. The van der Waals surface area contributed by atoms with Crippen molar-refractivity contribution in [3.05, 3.63) is 11.5 Å². The summed E-state index contributed by atoms with van der Waals surface area (Å²) in [6, 6.07) is 0.637. The average Bonchev–Trinajstić information content (AvgIpc) is 2.41. The van der Waals surface area contributed by atoms with Crippen LogP contribution in [0.3, 0.4) is 0 Å². The summed E-state index contributed by atoms with van der Waals surface area (Å²) in [7, 11) is 0. The van der Waals surface area contributed by atoms with E-state index in [1.54, 1.807) is 6.20 Å². The monoisotopic (exact) mass is 269 g/mol. The number of nitrogens with two attached hydrogens (primary N) is 1. The van der Waals surface area contributed by atoms with Gasteiger partial charge in [0.1, 0.15) is 0 Å². The van der Waals surface area contributed by atoms with Gasteiger partial charge < -0.3 is 10.6 Å². The first kappa shape index (κ1) is 13.4. The van der Waals surface area contributed by atoms with E-state index in [1.807, 2.05) is 0 Å². The van der Waals surface area contributed by atoms with E-state index in [0.29, 0.717) is 11.7 Å². The second-order valence-corrected chi connectivity index (χ2v) is 5.04. The first-order valence-corrected chi connectivity index (χ1v) is 6.76. The molecule has 0 aromatic carbocycles. The van der Waals surface area contributed by atoms with Crippen LogP contribution in [0, 0.1) is 0 Å². The summed E-state index contributed by atoms with van der Waals surface area (Å²) in [5.74, 6) is 0.763. The highest BCUT2D eigenvalue weighted by Gasteiger charge is 2.22. The molecular formula is C12H20ClN5. The summed E-state index contributed by atoms with van der Waals surface area (Å²) in [4.78, 5) is 12.8. The maximum atomic E-state index is 5.90. The van der Waals surface area contributed by atoms with E-state index in [-0.39, 0.29) is 5.28 Å². The first-order valence-electron chi connectivity index (χ1n) is 6.38. The van der Waals surface area contributed by atoms with Crippen molar-refractivity contribution in [1.82, 2.24) is 14.9 Å². The van der Waals surface area contributed by atoms with Crippen LogP contribution in [0.1, 0.15) is 20.3 Å². The zero-order valence-corrected chi connectivity index (χ0v) is 11.7. The van der Waals surface area contributed by atoms with Crippen molar-refractivity contribution in [2.45, 2.75) is 26.3 Å². The lowest BCUT2D eigenvalue weighted by molar-refractivity contribution is 0.192. The number of nitrogens with zero attached hydrogens (tertiary/aromatic N) is 4. The van der Waals surface area contributed by atoms with E-state index < -0.39 is 0 Å². The SMILES string of the molecule is CCC(C)N1CCN(c2nc(Cl)ncc2N)CC1. The summed E-state index contributed by atoms with van der Waals surface area (Å²) in [5.41, 5.74) is 6.50. The van der Waals surface area contributed by atoms with Gasteiger partial charge in [-0.2, -0.15) is 4.98 Å². The van der Waals surface area contributed by atoms with Crippen LogP contribution in [0.5, 0.6) is 0 Å². The van der Waals surface area contributed by atoms with Crippen molar-refractivity contribution in [2.24, 2.45) is 0 Å². The lowest BCUT2D eigenvalue weighted by Crippen LogP contribution is -2.49. The number of hydrogen-bond donors (Lipinski definition) is 1. The van der Waals surface area contributed by atoms with Gasteiger partial charge in [0.25, 0.3) is 0 Å². The van der Waals surface area contributed by atoms with E-state index >= 15 is 0 Å². The predicted octanol–water partition coefficient (Wildman–Crippen LogP) is 1.63. The molecule has 0 bridgehead atoms. The van der Waals surface area contributed by atoms with Crippen molar-refractivity contribution in [3.8, 4) is 0 Å². The second kappa shape index (κ2) is 5.71. The molecule has 1 aliphatic heterocycles. The molecule has 2 heterocycles. The lowest BCUT2D eigenvalue weighted by Gasteiger charge is -2.38. The minimum Gasteiger partial charge on any atom is -0.394 e. The molecule has 18 heavy (non-hydrogen) atoms. The predicted molar refractivity (Wildman–Crippen MR) is 75.0 cm³/mol. The molecule has 2 N–H and O–H groups in total. The minimum absolute atomic E-state index is 0.253. The minimum atomic E-state index is 0.253. The van der Waals surface area contributed by atoms with E-state index in [1.165, 1.54) is 6.42 Å². The summed E-state index contributed by atoms with van der Waals surface area (Å²) in [6.45, 7) is 8.43. The van der Waals surface area contributed by atoms with Gasteiger partial charge in [0, 0.05) is 32.2 Å². The molecule has 0 radical (unpaired) electrons. The van der Waals surface area contributed by atoms with Crippen molar-refractivity contribution in [3.63, 3.8) is 0 Å². The third-order valence-electron chi connectivity index (χ3n) is 3.59. The summed E-state index contributed by atoms with van der Waals surface area (Å²) in [6.07, 6.45) is 2.76. The molecule has 0 amide bonds. The molecule has 2 rings (SSSR count). The van der Waals surface area contributed by atoms with Gasteiger partial charge >= 0.3 is 0 Å². The Morgan fingerprint density at radius 1 is 1.39 bits per heavy atom. The largest absolute Gasteiger partial charge is 0.394 e. The van der Waals surface area contributed by atoms with Crippen molar-refractivity contribution >= 4 is 23.1 Å². The average molecular weight is 270 g/mol. The molecule has 1 aromatic rings. The topological polar surface area (TPSA) is 58.3 Å². The van der Waals surface area contributed by atoms with Gasteiger partial charge in [-0.05, 0) is 24.9 Å². The summed E-state index contributed by atoms with van der Waals surface area (Å²) >= 11 is 5.82. The van der Waals surface area contributed by atoms with Gasteiger partial charge in [-0.15, -0.1) is 0 Å². The van der Waals surface area contributed by atoms with E-state index in [2.05, 4.69) is 33.6 Å². The van der Waals surface area contributed by atoms with E-state index in [0.717, 1.165) is 32.0 Å². The van der Waals surface area contributed by atoms with Crippen molar-refractivity contribution in [2.75, 3.05) is 36.8 Å². The highest BCUT2D eigenvalue weighted by Crippen LogP contribution is 2.22. The molecule has 1 fully saturated rings. The van der Waals surface area contributed by atoms with Crippen LogP contribution in [-0.2, 0) is 0 Å². The number of nitrogen functional groups attached to an aromatic ring is 1. The number of rotatable bonds is 3. The Labute approximate surface area is 113 Å². The maximum Gasteiger partial charge on any atom is 0.224 e. The van der Waals surface area contributed by atoms with Gasteiger partial charge in [-0.25, -0.2) is 4.98 Å². The van der Waals surface area contributed by atoms with Gasteiger partial charge in [0.15, 0.2) is 5.82 Å². The molecule has 1 atom stereocenters. The normalized spacial score (nSPS) is 18.9. The van der Waals surface area contributed by atoms with Crippen LogP contribution in [0.25, 0.3) is 0 Å². The number of hydrogen-bond acceptors (Lipinski definition) is 5. The third kappa shape index (κ3) is 2.84. The molecule has 1 saturated heterocycles. The molecule has 5 nitrogen and oxygen atoms in total. The fourth-order valence-electron chi connectivity index (χ4n) is 2.25. The van der Waals surface area contributed by atoms with Gasteiger partial charge in [-0.1, -0.05) is 6.92 Å². The smallest absolute Gasteiger partial charge is 0.224 e. The fourth-order valence-corrected chi connectivity index (χ4v) is 2.38. The van der Waals surface area contributed by atoms with Crippen LogP contribution >= 0.6 is 11.6 Å². The highest BCUT2D eigenvalue weighted by atomic mass is 35.5. The van der Waals surface area contributed by atoms with Crippen LogP contribution in [0.4, 0.5) is 11.5 Å². The highest BCUT2D eigenvalue weighted by molar-refractivity contribution is 6.28. The Morgan fingerprint density at radius 3 is 2.67 bits per heavy atom. The molecule has 0 aliphatic carbocycles. The molecule has 0 spiro atoms. The Balaban J connectivity index is 2.03. The third-order valence-corrected chi connectivity index (χ3v) is 3.78. The van der Waals surface area contributed by atoms with Crippen molar-refractivity contribution in [1.29, 1.82) is 0 Å². The summed E-state index contributed by atoms with van der Waals surface area (Å²) < 4.78 is 0. The Kier molecular flexibility index (Phi) is 4.24. The summed E-state index contributed by atoms with van der Waals surface area (Å²) in [5, 5.41) is 0.253. The van der Waals surface area contributed by atoms with Crippen LogP contribution in [-0.4, -0.2) is 47.1 Å². The maximum absolute atomic E-state index is 5.90.